The number of hydrogen-bond donors (Lipinski definition) is 2. The van der Waals surface area contributed by atoms with Gasteiger partial charge in [-0.25, -0.2) is 0 Å². The quantitative estimate of drug-likeness (QED) is 0.587. The van der Waals surface area contributed by atoms with Crippen molar-refractivity contribution in [3.05, 3.63) is 53.6 Å². The van der Waals surface area contributed by atoms with Gasteiger partial charge in [-0.05, 0) is 50.2 Å². The summed E-state index contributed by atoms with van der Waals surface area (Å²) in [4.78, 5) is 38.1. The van der Waals surface area contributed by atoms with Crippen LogP contribution in [0.25, 0.3) is 0 Å². The van der Waals surface area contributed by atoms with Crippen molar-refractivity contribution in [3.8, 4) is 23.8 Å². The summed E-state index contributed by atoms with van der Waals surface area (Å²) in [5, 5.41) is 5.44. The smallest absolute Gasteiger partial charge is 0.258 e. The number of ether oxygens (including phenoxy) is 2. The minimum Gasteiger partial charge on any atom is -0.493 e. The topological polar surface area (TPSA) is 97.0 Å². The minimum atomic E-state index is -0.375. The Kier molecular flexibility index (Phi) is 8.66. The Bertz CT molecular complexity index is 1030. The lowest BCUT2D eigenvalue weighted by Gasteiger charge is -2.18. The van der Waals surface area contributed by atoms with Crippen molar-refractivity contribution in [2.24, 2.45) is 0 Å². The van der Waals surface area contributed by atoms with Crippen LogP contribution in [-0.2, 0) is 9.59 Å². The molecule has 8 nitrogen and oxygen atoms in total. The molecule has 0 saturated carbocycles. The van der Waals surface area contributed by atoms with Gasteiger partial charge < -0.3 is 25.0 Å². The standard InChI is InChI=1S/C24H27N3O5/c1-6-17-8-7-9-19(12-17)26-22(28)14-27(4)24(30)18-10-11-20(21(13-18)31-5)32-15-23(29)25-16(2)3/h1,7-13,16H,14-15H2,2-5H3,(H,25,29)(H,26,28). The first-order valence-corrected chi connectivity index (χ1v) is 9.95. The second-order valence-electron chi connectivity index (χ2n) is 7.31. The summed E-state index contributed by atoms with van der Waals surface area (Å²) in [7, 11) is 2.96. The minimum absolute atomic E-state index is 0.00185. The summed E-state index contributed by atoms with van der Waals surface area (Å²) in [5.41, 5.74) is 1.50. The zero-order valence-electron chi connectivity index (χ0n) is 18.6. The van der Waals surface area contributed by atoms with E-state index >= 15 is 0 Å². The summed E-state index contributed by atoms with van der Waals surface area (Å²) in [6, 6.07) is 11.5. The van der Waals surface area contributed by atoms with E-state index in [0.717, 1.165) is 0 Å². The van der Waals surface area contributed by atoms with Crippen LogP contribution in [0.1, 0.15) is 29.8 Å². The fraction of sp³-hybridized carbons (Fsp3) is 0.292. The number of carbonyl (C=O) groups is 3. The Hall–Kier alpha value is -3.99. The van der Waals surface area contributed by atoms with E-state index in [0.29, 0.717) is 28.3 Å². The average Bonchev–Trinajstić information content (AvgIpc) is 2.76. The third kappa shape index (κ3) is 7.06. The van der Waals surface area contributed by atoms with Crippen LogP contribution in [0.4, 0.5) is 5.69 Å². The van der Waals surface area contributed by atoms with Gasteiger partial charge in [-0.1, -0.05) is 12.0 Å². The molecule has 0 radical (unpaired) electrons. The summed E-state index contributed by atoms with van der Waals surface area (Å²) >= 11 is 0. The number of terminal acetylenes is 1. The number of hydrogen-bond acceptors (Lipinski definition) is 5. The Labute approximate surface area is 187 Å². The van der Waals surface area contributed by atoms with Crippen molar-refractivity contribution in [3.63, 3.8) is 0 Å². The fourth-order valence-electron chi connectivity index (χ4n) is 2.82. The molecular weight excluding hydrogens is 410 g/mol. The van der Waals surface area contributed by atoms with Gasteiger partial charge in [0.1, 0.15) is 0 Å². The van der Waals surface area contributed by atoms with Crippen molar-refractivity contribution >= 4 is 23.4 Å². The first-order chi connectivity index (χ1) is 15.2. The third-order valence-electron chi connectivity index (χ3n) is 4.26. The first kappa shape index (κ1) is 24.3. The molecule has 8 heteroatoms. The van der Waals surface area contributed by atoms with Crippen molar-refractivity contribution in [1.82, 2.24) is 10.2 Å². The van der Waals surface area contributed by atoms with E-state index in [1.54, 1.807) is 36.4 Å². The van der Waals surface area contributed by atoms with Crippen molar-refractivity contribution < 1.29 is 23.9 Å². The molecule has 2 rings (SSSR count). The number of methoxy groups -OCH3 is 1. The van der Waals surface area contributed by atoms with E-state index in [1.165, 1.54) is 25.1 Å². The molecule has 0 aromatic heterocycles. The predicted molar refractivity (Wildman–Crippen MR) is 122 cm³/mol. The number of nitrogens with zero attached hydrogens (tertiary/aromatic N) is 1. The predicted octanol–water partition coefficient (Wildman–Crippen LogP) is 2.29. The van der Waals surface area contributed by atoms with Crippen LogP contribution in [0.15, 0.2) is 42.5 Å². The average molecular weight is 437 g/mol. The first-order valence-electron chi connectivity index (χ1n) is 9.95. The number of amides is 3. The number of anilines is 1. The molecule has 0 fully saturated rings. The summed E-state index contributed by atoms with van der Waals surface area (Å²) in [6.45, 7) is 3.37. The highest BCUT2D eigenvalue weighted by Crippen LogP contribution is 2.28. The molecule has 0 atom stereocenters. The molecule has 2 aromatic carbocycles. The number of benzene rings is 2. The molecule has 0 spiro atoms. The van der Waals surface area contributed by atoms with Gasteiger partial charge in [0, 0.05) is 29.9 Å². The van der Waals surface area contributed by atoms with Crippen molar-refractivity contribution in [1.29, 1.82) is 0 Å². The Morgan fingerprint density at radius 2 is 1.84 bits per heavy atom. The molecule has 0 bridgehead atoms. The zero-order valence-corrected chi connectivity index (χ0v) is 18.6. The number of carbonyl (C=O) groups excluding carboxylic acids is 3. The molecule has 0 aliphatic carbocycles. The molecule has 2 aromatic rings. The molecule has 0 unspecified atom stereocenters. The van der Waals surface area contributed by atoms with Gasteiger partial charge in [0.25, 0.3) is 11.8 Å². The Balaban J connectivity index is 2.00. The molecular formula is C24H27N3O5. The Morgan fingerprint density at radius 1 is 1.09 bits per heavy atom. The van der Waals surface area contributed by atoms with E-state index in [9.17, 15) is 14.4 Å². The van der Waals surface area contributed by atoms with E-state index in [2.05, 4.69) is 16.6 Å². The molecule has 0 saturated heterocycles. The van der Waals surface area contributed by atoms with Gasteiger partial charge in [0.15, 0.2) is 18.1 Å². The highest BCUT2D eigenvalue weighted by Gasteiger charge is 2.18. The summed E-state index contributed by atoms with van der Waals surface area (Å²) < 4.78 is 10.8. The molecule has 168 valence electrons. The van der Waals surface area contributed by atoms with E-state index in [4.69, 9.17) is 15.9 Å². The van der Waals surface area contributed by atoms with Crippen molar-refractivity contribution in [2.45, 2.75) is 19.9 Å². The second-order valence-corrected chi connectivity index (χ2v) is 7.31. The number of rotatable bonds is 9. The lowest BCUT2D eigenvalue weighted by atomic mass is 10.1. The van der Waals surface area contributed by atoms with Crippen LogP contribution in [0, 0.1) is 12.3 Å². The highest BCUT2D eigenvalue weighted by molar-refractivity contribution is 5.99. The van der Waals surface area contributed by atoms with Gasteiger partial charge in [-0.3, -0.25) is 14.4 Å². The molecule has 32 heavy (non-hydrogen) atoms. The van der Waals surface area contributed by atoms with Gasteiger partial charge in [0.2, 0.25) is 5.91 Å². The third-order valence-corrected chi connectivity index (χ3v) is 4.26. The molecule has 3 amide bonds. The van der Waals surface area contributed by atoms with Crippen LogP contribution < -0.4 is 20.1 Å². The number of nitrogens with one attached hydrogen (secondary N) is 2. The Morgan fingerprint density at radius 3 is 2.50 bits per heavy atom. The van der Waals surface area contributed by atoms with Crippen LogP contribution in [0.2, 0.25) is 0 Å². The monoisotopic (exact) mass is 437 g/mol. The van der Waals surface area contributed by atoms with Crippen LogP contribution >= 0.6 is 0 Å². The van der Waals surface area contributed by atoms with E-state index in [-0.39, 0.29) is 36.9 Å². The molecule has 2 N–H and O–H groups in total. The van der Waals surface area contributed by atoms with E-state index in [1.807, 2.05) is 13.8 Å². The van der Waals surface area contributed by atoms with Crippen LogP contribution in [0.5, 0.6) is 11.5 Å². The van der Waals surface area contributed by atoms with Gasteiger partial charge >= 0.3 is 0 Å². The van der Waals surface area contributed by atoms with Crippen LogP contribution in [0.3, 0.4) is 0 Å². The molecule has 0 aliphatic rings. The normalized spacial score (nSPS) is 10.1. The molecule has 0 aliphatic heterocycles. The maximum absolute atomic E-state index is 12.8. The second kappa shape index (κ2) is 11.4. The summed E-state index contributed by atoms with van der Waals surface area (Å²) in [6.07, 6.45) is 5.37. The van der Waals surface area contributed by atoms with Crippen molar-refractivity contribution in [2.75, 3.05) is 32.6 Å². The fourth-order valence-corrected chi connectivity index (χ4v) is 2.82. The lowest BCUT2D eigenvalue weighted by Crippen LogP contribution is -2.35. The largest absolute Gasteiger partial charge is 0.493 e. The highest BCUT2D eigenvalue weighted by atomic mass is 16.5. The summed E-state index contributed by atoms with van der Waals surface area (Å²) in [5.74, 6) is 2.13. The maximum Gasteiger partial charge on any atom is 0.258 e. The van der Waals surface area contributed by atoms with Gasteiger partial charge in [-0.2, -0.15) is 0 Å². The maximum atomic E-state index is 12.8. The zero-order chi connectivity index (χ0) is 23.7. The lowest BCUT2D eigenvalue weighted by molar-refractivity contribution is -0.123. The molecule has 0 heterocycles. The van der Waals surface area contributed by atoms with Gasteiger partial charge in [0.05, 0.1) is 13.7 Å². The number of likely N-dealkylation sites (N-methyl/N-ethyl adjacent to an activating group) is 1. The van der Waals surface area contributed by atoms with Gasteiger partial charge in [-0.15, -0.1) is 6.42 Å². The van der Waals surface area contributed by atoms with Crippen LogP contribution in [-0.4, -0.2) is 56.0 Å². The van der Waals surface area contributed by atoms with E-state index < -0.39 is 0 Å². The SMILES string of the molecule is C#Cc1cccc(NC(=O)CN(C)C(=O)c2ccc(OCC(=O)NC(C)C)c(OC)c2)c1.